The van der Waals surface area contributed by atoms with Crippen molar-refractivity contribution in [3.8, 4) is 0 Å². The van der Waals surface area contributed by atoms with Gasteiger partial charge < -0.3 is 9.84 Å². The Balaban J connectivity index is 1.81. The summed E-state index contributed by atoms with van der Waals surface area (Å²) in [5.74, 6) is 0. The highest BCUT2D eigenvalue weighted by atomic mass is 19.4. The average Bonchev–Trinajstić information content (AvgIpc) is 2.40. The van der Waals surface area contributed by atoms with E-state index in [1.165, 1.54) is 4.90 Å². The van der Waals surface area contributed by atoms with Crippen LogP contribution in [0.5, 0.6) is 0 Å². The summed E-state index contributed by atoms with van der Waals surface area (Å²) in [6, 6.07) is 0. The summed E-state index contributed by atoms with van der Waals surface area (Å²) in [5.41, 5.74) is -0.379. The molecule has 2 aliphatic heterocycles. The van der Waals surface area contributed by atoms with E-state index in [-0.39, 0.29) is 5.54 Å². The van der Waals surface area contributed by atoms with Crippen molar-refractivity contribution in [3.05, 3.63) is 0 Å². The molecule has 1 atom stereocenters. The third-order valence-electron chi connectivity index (χ3n) is 4.56. The van der Waals surface area contributed by atoms with Crippen molar-refractivity contribution < 1.29 is 23.0 Å². The molecule has 0 aromatic heterocycles. The van der Waals surface area contributed by atoms with Gasteiger partial charge >= 0.3 is 6.18 Å². The second kappa shape index (κ2) is 7.65. The lowest BCUT2D eigenvalue weighted by Gasteiger charge is -2.48. The molecule has 0 aromatic carbocycles. The van der Waals surface area contributed by atoms with Crippen molar-refractivity contribution in [2.24, 2.45) is 0 Å². The Morgan fingerprint density at radius 1 is 1.04 bits per heavy atom. The molecule has 2 aliphatic rings. The lowest BCUT2D eigenvalue weighted by atomic mass is 9.98. The number of hydrogen-bond acceptors (Lipinski definition) is 5. The summed E-state index contributed by atoms with van der Waals surface area (Å²) in [4.78, 5) is 5.72. The fourth-order valence-corrected chi connectivity index (χ4v) is 3.41. The first-order chi connectivity index (χ1) is 10.7. The number of aliphatic hydroxyl groups is 1. The van der Waals surface area contributed by atoms with Crippen LogP contribution in [0.4, 0.5) is 13.2 Å². The molecule has 2 fully saturated rings. The minimum Gasteiger partial charge on any atom is -0.390 e. The second-order valence-corrected chi connectivity index (χ2v) is 7.15. The number of aliphatic hydroxyl groups excluding tert-OH is 1. The van der Waals surface area contributed by atoms with Crippen LogP contribution < -0.4 is 0 Å². The van der Waals surface area contributed by atoms with Gasteiger partial charge in [-0.3, -0.25) is 14.7 Å². The number of rotatable bonds is 5. The summed E-state index contributed by atoms with van der Waals surface area (Å²) >= 11 is 0. The van der Waals surface area contributed by atoms with E-state index in [4.69, 9.17) is 4.74 Å². The highest BCUT2D eigenvalue weighted by Crippen LogP contribution is 2.24. The molecule has 2 rings (SSSR count). The maximum Gasteiger partial charge on any atom is 0.401 e. The van der Waals surface area contributed by atoms with Crippen LogP contribution in [0.2, 0.25) is 0 Å². The van der Waals surface area contributed by atoms with Gasteiger partial charge in [0, 0.05) is 51.4 Å². The zero-order chi connectivity index (χ0) is 17.1. The number of alkyl halides is 3. The van der Waals surface area contributed by atoms with Crippen LogP contribution in [0.25, 0.3) is 0 Å². The SMILES string of the molecule is CC1(C)CN(CC(F)(F)F)CCN1CC(O)CN1CCOCC1. The van der Waals surface area contributed by atoms with E-state index in [0.29, 0.717) is 45.9 Å². The number of halogens is 3. The van der Waals surface area contributed by atoms with Crippen LogP contribution in [-0.2, 0) is 4.74 Å². The number of hydrogen-bond donors (Lipinski definition) is 1. The predicted octanol–water partition coefficient (Wildman–Crippen LogP) is 0.638. The summed E-state index contributed by atoms with van der Waals surface area (Å²) < 4.78 is 42.9. The summed E-state index contributed by atoms with van der Waals surface area (Å²) in [6.07, 6.45) is -4.66. The Kier molecular flexibility index (Phi) is 6.29. The number of piperazine rings is 1. The molecule has 1 N–H and O–H groups in total. The lowest BCUT2D eigenvalue weighted by molar-refractivity contribution is -0.156. The van der Waals surface area contributed by atoms with Crippen molar-refractivity contribution >= 4 is 0 Å². The fraction of sp³-hybridized carbons (Fsp3) is 1.00. The topological polar surface area (TPSA) is 39.2 Å². The van der Waals surface area contributed by atoms with Gasteiger partial charge in [0.05, 0.1) is 25.9 Å². The van der Waals surface area contributed by atoms with Gasteiger partial charge in [-0.1, -0.05) is 0 Å². The van der Waals surface area contributed by atoms with Crippen LogP contribution in [0.15, 0.2) is 0 Å². The minimum absolute atomic E-state index is 0.358. The molecule has 0 saturated carbocycles. The molecule has 5 nitrogen and oxygen atoms in total. The Morgan fingerprint density at radius 3 is 2.26 bits per heavy atom. The zero-order valence-electron chi connectivity index (χ0n) is 14.0. The van der Waals surface area contributed by atoms with E-state index in [9.17, 15) is 18.3 Å². The molecule has 8 heteroatoms. The molecular formula is C15H28F3N3O2. The van der Waals surface area contributed by atoms with Gasteiger partial charge in [-0.05, 0) is 13.8 Å². The van der Waals surface area contributed by atoms with Gasteiger partial charge in [0.1, 0.15) is 0 Å². The van der Waals surface area contributed by atoms with Gasteiger partial charge in [0.2, 0.25) is 0 Å². The van der Waals surface area contributed by atoms with Crippen molar-refractivity contribution in [3.63, 3.8) is 0 Å². The van der Waals surface area contributed by atoms with Crippen molar-refractivity contribution in [1.29, 1.82) is 0 Å². The van der Waals surface area contributed by atoms with Gasteiger partial charge in [-0.2, -0.15) is 13.2 Å². The van der Waals surface area contributed by atoms with Gasteiger partial charge in [-0.25, -0.2) is 0 Å². The van der Waals surface area contributed by atoms with Gasteiger partial charge in [-0.15, -0.1) is 0 Å². The maximum absolute atomic E-state index is 12.5. The standard InChI is InChI=1S/C15H28F3N3O2/c1-14(2)11-20(12-15(16,17)18)3-4-21(14)10-13(22)9-19-5-7-23-8-6-19/h13,22H,3-12H2,1-2H3. The predicted molar refractivity (Wildman–Crippen MR) is 81.4 cm³/mol. The normalized spacial score (nSPS) is 26.3. The first-order valence-electron chi connectivity index (χ1n) is 8.18. The summed E-state index contributed by atoms with van der Waals surface area (Å²) in [5, 5.41) is 10.3. The molecule has 0 amide bonds. The maximum atomic E-state index is 12.5. The molecule has 0 aliphatic carbocycles. The molecule has 1 unspecified atom stereocenters. The number of β-amino-alcohol motifs (C(OH)–C–C–N with tert-alkyl or cyclic N) is 1. The van der Waals surface area contributed by atoms with E-state index in [1.54, 1.807) is 0 Å². The minimum atomic E-state index is -4.16. The Hall–Kier alpha value is -0.410. The van der Waals surface area contributed by atoms with E-state index in [0.717, 1.165) is 13.1 Å². The van der Waals surface area contributed by atoms with E-state index < -0.39 is 18.8 Å². The van der Waals surface area contributed by atoms with Crippen LogP contribution in [0.1, 0.15) is 13.8 Å². The largest absolute Gasteiger partial charge is 0.401 e. The van der Waals surface area contributed by atoms with Crippen molar-refractivity contribution in [2.45, 2.75) is 31.7 Å². The summed E-state index contributed by atoms with van der Waals surface area (Å²) in [7, 11) is 0. The average molecular weight is 339 g/mol. The van der Waals surface area contributed by atoms with Crippen LogP contribution >= 0.6 is 0 Å². The Morgan fingerprint density at radius 2 is 1.70 bits per heavy atom. The fourth-order valence-electron chi connectivity index (χ4n) is 3.41. The smallest absolute Gasteiger partial charge is 0.390 e. The first kappa shape index (κ1) is 18.9. The van der Waals surface area contributed by atoms with Crippen molar-refractivity contribution in [2.75, 3.05) is 65.6 Å². The van der Waals surface area contributed by atoms with Crippen LogP contribution in [-0.4, -0.2) is 103 Å². The quantitative estimate of drug-likeness (QED) is 0.796. The highest BCUT2D eigenvalue weighted by molar-refractivity contribution is 4.92. The molecule has 0 spiro atoms. The highest BCUT2D eigenvalue weighted by Gasteiger charge is 2.39. The molecule has 2 saturated heterocycles. The summed E-state index contributed by atoms with van der Waals surface area (Å²) in [6.45, 7) is 8.40. The first-order valence-corrected chi connectivity index (χ1v) is 8.18. The van der Waals surface area contributed by atoms with Crippen LogP contribution in [0, 0.1) is 0 Å². The molecule has 0 radical (unpaired) electrons. The van der Waals surface area contributed by atoms with Gasteiger partial charge in [0.15, 0.2) is 0 Å². The Bertz CT molecular complexity index is 373. The second-order valence-electron chi connectivity index (χ2n) is 7.15. The van der Waals surface area contributed by atoms with Gasteiger partial charge in [0.25, 0.3) is 0 Å². The molecule has 23 heavy (non-hydrogen) atoms. The molecular weight excluding hydrogens is 311 g/mol. The molecule has 2 heterocycles. The lowest BCUT2D eigenvalue weighted by Crippen LogP contribution is -2.62. The molecule has 136 valence electrons. The van der Waals surface area contributed by atoms with E-state index in [2.05, 4.69) is 9.80 Å². The Labute approximate surface area is 136 Å². The zero-order valence-corrected chi connectivity index (χ0v) is 14.0. The van der Waals surface area contributed by atoms with Crippen molar-refractivity contribution in [1.82, 2.24) is 14.7 Å². The van der Waals surface area contributed by atoms with E-state index >= 15 is 0 Å². The number of nitrogens with zero attached hydrogens (tertiary/aromatic N) is 3. The molecule has 0 bridgehead atoms. The van der Waals surface area contributed by atoms with Crippen LogP contribution in [0.3, 0.4) is 0 Å². The van der Waals surface area contributed by atoms with E-state index in [1.807, 2.05) is 13.8 Å². The number of ether oxygens (including phenoxy) is 1. The third-order valence-corrected chi connectivity index (χ3v) is 4.56. The number of morpholine rings is 1. The molecule has 0 aromatic rings. The monoisotopic (exact) mass is 339 g/mol. The third kappa shape index (κ3) is 6.19.